The topological polar surface area (TPSA) is 39.1 Å². The fourth-order valence-corrected chi connectivity index (χ4v) is 2.68. The summed E-state index contributed by atoms with van der Waals surface area (Å²) in [7, 11) is 1.66. The van der Waals surface area contributed by atoms with E-state index in [0.717, 1.165) is 22.7 Å². The molecule has 0 spiro atoms. The van der Waals surface area contributed by atoms with Gasteiger partial charge in [-0.05, 0) is 30.7 Å². The molecule has 0 atom stereocenters. The van der Waals surface area contributed by atoms with Crippen LogP contribution >= 0.6 is 0 Å². The van der Waals surface area contributed by atoms with Crippen molar-refractivity contribution in [1.82, 2.24) is 14.9 Å². The Hall–Kier alpha value is -2.66. The lowest BCUT2D eigenvalue weighted by atomic mass is 10.1. The van der Waals surface area contributed by atoms with Crippen LogP contribution in [-0.2, 0) is 13.1 Å². The van der Waals surface area contributed by atoms with E-state index >= 15 is 0 Å². The average molecular weight is 325 g/mol. The maximum absolute atomic E-state index is 14.4. The minimum absolute atomic E-state index is 0.257. The number of methoxy groups -OCH3 is 1. The van der Waals surface area contributed by atoms with E-state index in [4.69, 9.17) is 4.74 Å². The summed E-state index contributed by atoms with van der Waals surface area (Å²) >= 11 is 0. The van der Waals surface area contributed by atoms with Crippen molar-refractivity contribution in [3.8, 4) is 11.4 Å². The molecule has 1 N–H and O–H groups in total. The zero-order chi connectivity index (χ0) is 16.9. The summed E-state index contributed by atoms with van der Waals surface area (Å²) in [6.07, 6.45) is 3.42. The van der Waals surface area contributed by atoms with Crippen molar-refractivity contribution < 1.29 is 9.13 Å². The summed E-state index contributed by atoms with van der Waals surface area (Å²) < 4.78 is 21.4. The molecular formula is C19H20FN3O. The fraction of sp³-hybridized carbons (Fsp3) is 0.211. The van der Waals surface area contributed by atoms with Crippen LogP contribution in [0.25, 0.3) is 5.69 Å². The number of aromatic nitrogens is 2. The van der Waals surface area contributed by atoms with Crippen LogP contribution in [0.4, 0.5) is 4.39 Å². The predicted molar refractivity (Wildman–Crippen MR) is 91.8 cm³/mol. The third kappa shape index (κ3) is 3.46. The smallest absolute Gasteiger partial charge is 0.147 e. The molecule has 0 bridgehead atoms. The zero-order valence-corrected chi connectivity index (χ0v) is 13.8. The van der Waals surface area contributed by atoms with Crippen molar-refractivity contribution >= 4 is 0 Å². The van der Waals surface area contributed by atoms with Crippen molar-refractivity contribution in [3.05, 3.63) is 77.6 Å². The molecule has 3 rings (SSSR count). The first-order valence-corrected chi connectivity index (χ1v) is 7.80. The molecule has 2 aromatic carbocycles. The van der Waals surface area contributed by atoms with Crippen LogP contribution < -0.4 is 10.1 Å². The molecule has 3 aromatic rings. The van der Waals surface area contributed by atoms with E-state index in [0.29, 0.717) is 18.8 Å². The van der Waals surface area contributed by atoms with Crippen LogP contribution in [0.5, 0.6) is 5.75 Å². The van der Waals surface area contributed by atoms with Gasteiger partial charge >= 0.3 is 0 Å². The van der Waals surface area contributed by atoms with E-state index in [2.05, 4.69) is 10.3 Å². The predicted octanol–water partition coefficient (Wildman–Crippen LogP) is 3.62. The van der Waals surface area contributed by atoms with Gasteiger partial charge in [-0.1, -0.05) is 24.3 Å². The van der Waals surface area contributed by atoms with Crippen molar-refractivity contribution in [2.24, 2.45) is 0 Å². The van der Waals surface area contributed by atoms with Crippen LogP contribution in [0.3, 0.4) is 0 Å². The lowest BCUT2D eigenvalue weighted by Crippen LogP contribution is -2.13. The number of benzene rings is 2. The first-order chi connectivity index (χ1) is 11.7. The maximum Gasteiger partial charge on any atom is 0.147 e. The van der Waals surface area contributed by atoms with Crippen LogP contribution in [-0.4, -0.2) is 16.7 Å². The SMILES string of the molecule is COc1ccccc1CNCc1ccc(-n2ccnc2C)c(F)c1. The Balaban J connectivity index is 1.66. The van der Waals surface area contributed by atoms with E-state index < -0.39 is 0 Å². The Bertz CT molecular complexity index is 829. The molecule has 0 aliphatic carbocycles. The normalized spacial score (nSPS) is 10.8. The van der Waals surface area contributed by atoms with E-state index in [-0.39, 0.29) is 5.82 Å². The molecule has 24 heavy (non-hydrogen) atoms. The van der Waals surface area contributed by atoms with Gasteiger partial charge in [0.1, 0.15) is 17.4 Å². The van der Waals surface area contributed by atoms with Crippen molar-refractivity contribution in [3.63, 3.8) is 0 Å². The molecule has 0 saturated carbocycles. The summed E-state index contributed by atoms with van der Waals surface area (Å²) in [5.74, 6) is 1.35. The lowest BCUT2D eigenvalue weighted by molar-refractivity contribution is 0.407. The summed E-state index contributed by atoms with van der Waals surface area (Å²) in [5, 5.41) is 3.32. The van der Waals surface area contributed by atoms with Crippen LogP contribution in [0.1, 0.15) is 17.0 Å². The third-order valence-corrected chi connectivity index (χ3v) is 3.93. The molecular weight excluding hydrogens is 305 g/mol. The second kappa shape index (κ2) is 7.27. The Morgan fingerprint density at radius 2 is 2.00 bits per heavy atom. The molecule has 0 aliphatic rings. The molecule has 5 heteroatoms. The number of nitrogens with zero attached hydrogens (tertiary/aromatic N) is 2. The summed E-state index contributed by atoms with van der Waals surface area (Å²) in [6, 6.07) is 13.1. The molecule has 1 heterocycles. The van der Waals surface area contributed by atoms with Gasteiger partial charge in [0.2, 0.25) is 0 Å². The Kier molecular flexibility index (Phi) is 4.91. The second-order valence-corrected chi connectivity index (χ2v) is 5.55. The number of para-hydroxylation sites is 1. The highest BCUT2D eigenvalue weighted by Gasteiger charge is 2.08. The first kappa shape index (κ1) is 16.2. The first-order valence-electron chi connectivity index (χ1n) is 7.80. The minimum Gasteiger partial charge on any atom is -0.496 e. The summed E-state index contributed by atoms with van der Waals surface area (Å²) in [5.41, 5.74) is 2.48. The van der Waals surface area contributed by atoms with Crippen molar-refractivity contribution in [2.75, 3.05) is 7.11 Å². The highest BCUT2D eigenvalue weighted by Crippen LogP contribution is 2.18. The third-order valence-electron chi connectivity index (χ3n) is 3.93. The number of nitrogens with one attached hydrogen (secondary N) is 1. The molecule has 124 valence electrons. The van der Waals surface area contributed by atoms with E-state index in [1.807, 2.05) is 37.3 Å². The molecule has 1 aromatic heterocycles. The van der Waals surface area contributed by atoms with Gasteiger partial charge in [-0.25, -0.2) is 9.37 Å². The second-order valence-electron chi connectivity index (χ2n) is 5.55. The van der Waals surface area contributed by atoms with Crippen LogP contribution in [0, 0.1) is 12.7 Å². The number of hydrogen-bond donors (Lipinski definition) is 1. The molecule has 0 aliphatic heterocycles. The number of aryl methyl sites for hydroxylation is 1. The van der Waals surface area contributed by atoms with Crippen LogP contribution in [0.15, 0.2) is 54.9 Å². The molecule has 4 nitrogen and oxygen atoms in total. The van der Waals surface area contributed by atoms with Gasteiger partial charge in [0.15, 0.2) is 0 Å². The average Bonchev–Trinajstić information content (AvgIpc) is 3.01. The van der Waals surface area contributed by atoms with Gasteiger partial charge in [-0.2, -0.15) is 0 Å². The van der Waals surface area contributed by atoms with Crippen molar-refractivity contribution in [1.29, 1.82) is 0 Å². The number of halogens is 1. The molecule has 0 saturated heterocycles. The molecule has 0 radical (unpaired) electrons. The van der Waals surface area contributed by atoms with Crippen LogP contribution in [0.2, 0.25) is 0 Å². The number of ether oxygens (including phenoxy) is 1. The Labute approximate surface area is 140 Å². The van der Waals surface area contributed by atoms with Gasteiger partial charge in [-0.3, -0.25) is 0 Å². The monoisotopic (exact) mass is 325 g/mol. The largest absolute Gasteiger partial charge is 0.496 e. The van der Waals surface area contributed by atoms with Gasteiger partial charge in [0.05, 0.1) is 12.8 Å². The summed E-state index contributed by atoms with van der Waals surface area (Å²) in [4.78, 5) is 4.13. The van der Waals surface area contributed by atoms with Gasteiger partial charge in [0.25, 0.3) is 0 Å². The Morgan fingerprint density at radius 1 is 1.17 bits per heavy atom. The lowest BCUT2D eigenvalue weighted by Gasteiger charge is -2.11. The number of imidazole rings is 1. The van der Waals surface area contributed by atoms with Gasteiger partial charge in [-0.15, -0.1) is 0 Å². The number of hydrogen-bond acceptors (Lipinski definition) is 3. The quantitative estimate of drug-likeness (QED) is 0.752. The van der Waals surface area contributed by atoms with E-state index in [1.165, 1.54) is 0 Å². The Morgan fingerprint density at radius 3 is 2.71 bits per heavy atom. The summed E-state index contributed by atoms with van der Waals surface area (Å²) in [6.45, 7) is 3.09. The van der Waals surface area contributed by atoms with Gasteiger partial charge < -0.3 is 14.6 Å². The highest BCUT2D eigenvalue weighted by molar-refractivity contribution is 5.38. The number of rotatable bonds is 6. The van der Waals surface area contributed by atoms with Crippen molar-refractivity contribution in [2.45, 2.75) is 20.0 Å². The standard InChI is InChI=1S/C19H20FN3O/c1-14-22-9-10-23(14)18-8-7-15(11-17(18)20)12-21-13-16-5-3-4-6-19(16)24-2/h3-11,21H,12-13H2,1-2H3. The zero-order valence-electron chi connectivity index (χ0n) is 13.8. The maximum atomic E-state index is 14.4. The van der Waals surface area contributed by atoms with E-state index in [1.54, 1.807) is 36.2 Å². The molecule has 0 amide bonds. The van der Waals surface area contributed by atoms with Gasteiger partial charge in [0, 0.05) is 31.0 Å². The fourth-order valence-electron chi connectivity index (χ4n) is 2.68. The minimum atomic E-state index is -0.257. The molecule has 0 fully saturated rings. The van der Waals surface area contributed by atoms with E-state index in [9.17, 15) is 4.39 Å². The highest BCUT2D eigenvalue weighted by atomic mass is 19.1. The molecule has 0 unspecified atom stereocenters.